The molecule has 4 fully saturated rings. The first-order valence-electron chi connectivity index (χ1n) is 8.97. The summed E-state index contributed by atoms with van der Waals surface area (Å²) >= 11 is 0. The molecule has 4 saturated heterocycles. The van der Waals surface area contributed by atoms with Crippen LogP contribution in [0.15, 0.2) is 24.3 Å². The highest BCUT2D eigenvalue weighted by Gasteiger charge is 2.41. The molecule has 1 aromatic rings. The fourth-order valence-electron chi connectivity index (χ4n) is 5.12. The van der Waals surface area contributed by atoms with Crippen LogP contribution in [0.4, 0.5) is 0 Å². The summed E-state index contributed by atoms with van der Waals surface area (Å²) in [7, 11) is 0. The van der Waals surface area contributed by atoms with Gasteiger partial charge < -0.3 is 0 Å². The van der Waals surface area contributed by atoms with Gasteiger partial charge in [-0.1, -0.05) is 24.3 Å². The third kappa shape index (κ3) is 1.98. The summed E-state index contributed by atoms with van der Waals surface area (Å²) in [6, 6.07) is 9.27. The van der Waals surface area contributed by atoms with E-state index in [9.17, 15) is 0 Å². The van der Waals surface area contributed by atoms with E-state index in [1.807, 2.05) is 0 Å². The van der Waals surface area contributed by atoms with Crippen molar-refractivity contribution < 1.29 is 0 Å². The third-order valence-electron chi connectivity index (χ3n) is 6.07. The highest BCUT2D eigenvalue weighted by molar-refractivity contribution is 5.34. The zero-order valence-corrected chi connectivity index (χ0v) is 13.3. The van der Waals surface area contributed by atoms with Gasteiger partial charge in [0.1, 0.15) is 0 Å². The largest absolute Gasteiger partial charge is 0.283 e. The Kier molecular flexibility index (Phi) is 3.25. The van der Waals surface area contributed by atoms with Crippen LogP contribution < -0.4 is 0 Å². The molecule has 4 heteroatoms. The molecule has 4 unspecified atom stereocenters. The minimum Gasteiger partial charge on any atom is -0.283 e. The smallest absolute Gasteiger partial charge is 0.0890 e. The molecule has 4 atom stereocenters. The summed E-state index contributed by atoms with van der Waals surface area (Å²) in [5.74, 6) is 0. The Bertz CT molecular complexity index is 479. The second-order valence-corrected chi connectivity index (χ2v) is 7.23. The van der Waals surface area contributed by atoms with Crippen LogP contribution in [-0.2, 0) is 0 Å². The van der Waals surface area contributed by atoms with E-state index in [4.69, 9.17) is 0 Å². The van der Waals surface area contributed by atoms with E-state index in [2.05, 4.69) is 43.9 Å². The molecule has 4 bridgehead atoms. The Morgan fingerprint density at radius 1 is 0.545 bits per heavy atom. The van der Waals surface area contributed by atoms with Gasteiger partial charge in [0.2, 0.25) is 0 Å². The SMILES string of the molecule is c1ccc(C2N3CCCN2CC3)c(C2N3CCCN2CC3)c1. The van der Waals surface area contributed by atoms with Crippen molar-refractivity contribution in [3.63, 3.8) is 0 Å². The van der Waals surface area contributed by atoms with Gasteiger partial charge in [0.15, 0.2) is 0 Å². The summed E-state index contributed by atoms with van der Waals surface area (Å²) < 4.78 is 0. The minimum atomic E-state index is 0.536. The number of benzene rings is 1. The highest BCUT2D eigenvalue weighted by Crippen LogP contribution is 2.41. The molecule has 118 valence electrons. The first-order chi connectivity index (χ1) is 10.9. The van der Waals surface area contributed by atoms with Gasteiger partial charge in [0.05, 0.1) is 12.3 Å². The lowest BCUT2D eigenvalue weighted by Crippen LogP contribution is -2.42. The predicted molar refractivity (Wildman–Crippen MR) is 87.5 cm³/mol. The second-order valence-electron chi connectivity index (χ2n) is 7.23. The molecular formula is C18H26N4. The Hall–Kier alpha value is -0.940. The van der Waals surface area contributed by atoms with Crippen molar-refractivity contribution in [2.45, 2.75) is 25.2 Å². The van der Waals surface area contributed by atoms with Gasteiger partial charge in [-0.15, -0.1) is 0 Å². The normalized spacial score (nSPS) is 43.5. The molecule has 22 heavy (non-hydrogen) atoms. The van der Waals surface area contributed by atoms with E-state index >= 15 is 0 Å². The van der Waals surface area contributed by atoms with Gasteiger partial charge in [-0.2, -0.15) is 0 Å². The van der Waals surface area contributed by atoms with Crippen molar-refractivity contribution in [3.05, 3.63) is 35.4 Å². The quantitative estimate of drug-likeness (QED) is 0.824. The van der Waals surface area contributed by atoms with E-state index in [-0.39, 0.29) is 0 Å². The van der Waals surface area contributed by atoms with E-state index in [0.717, 1.165) is 0 Å². The Balaban J connectivity index is 1.54. The number of rotatable bonds is 2. The van der Waals surface area contributed by atoms with Crippen LogP contribution in [0.2, 0.25) is 0 Å². The number of nitrogens with zero attached hydrogens (tertiary/aromatic N) is 4. The minimum absolute atomic E-state index is 0.536. The summed E-state index contributed by atoms with van der Waals surface area (Å²) in [4.78, 5) is 10.8. The lowest BCUT2D eigenvalue weighted by molar-refractivity contribution is 0.0741. The molecule has 4 aliphatic heterocycles. The van der Waals surface area contributed by atoms with Crippen molar-refractivity contribution >= 4 is 0 Å². The molecule has 4 aliphatic rings. The molecule has 0 aliphatic carbocycles. The van der Waals surface area contributed by atoms with Crippen LogP contribution in [0, 0.1) is 0 Å². The monoisotopic (exact) mass is 298 g/mol. The van der Waals surface area contributed by atoms with Gasteiger partial charge in [-0.05, 0) is 24.0 Å². The molecule has 0 radical (unpaired) electrons. The fourth-order valence-corrected chi connectivity index (χ4v) is 5.12. The van der Waals surface area contributed by atoms with Crippen LogP contribution >= 0.6 is 0 Å². The van der Waals surface area contributed by atoms with Gasteiger partial charge in [-0.25, -0.2) is 0 Å². The average Bonchev–Trinajstić information content (AvgIpc) is 2.95. The lowest BCUT2D eigenvalue weighted by Gasteiger charge is -2.40. The second kappa shape index (κ2) is 5.31. The number of hydrogen-bond acceptors (Lipinski definition) is 4. The van der Waals surface area contributed by atoms with Crippen LogP contribution in [0.1, 0.15) is 36.3 Å². The van der Waals surface area contributed by atoms with Crippen LogP contribution in [0.3, 0.4) is 0 Å². The van der Waals surface area contributed by atoms with Crippen molar-refractivity contribution in [1.82, 2.24) is 19.6 Å². The fraction of sp³-hybridized carbons (Fsp3) is 0.667. The van der Waals surface area contributed by atoms with Gasteiger partial charge in [0, 0.05) is 52.4 Å². The maximum atomic E-state index is 2.69. The molecule has 0 spiro atoms. The van der Waals surface area contributed by atoms with E-state index in [0.29, 0.717) is 12.3 Å². The third-order valence-corrected chi connectivity index (χ3v) is 6.07. The van der Waals surface area contributed by atoms with Crippen molar-refractivity contribution in [3.8, 4) is 0 Å². The highest BCUT2D eigenvalue weighted by atomic mass is 15.4. The Morgan fingerprint density at radius 3 is 1.27 bits per heavy atom. The number of hydrogen-bond donors (Lipinski definition) is 0. The van der Waals surface area contributed by atoms with Crippen LogP contribution in [0.5, 0.6) is 0 Å². The maximum Gasteiger partial charge on any atom is 0.0890 e. The lowest BCUT2D eigenvalue weighted by atomic mass is 9.98. The van der Waals surface area contributed by atoms with Crippen molar-refractivity contribution in [2.75, 3.05) is 52.4 Å². The first-order valence-corrected chi connectivity index (χ1v) is 8.97. The summed E-state index contributed by atoms with van der Waals surface area (Å²) in [5.41, 5.74) is 3.15. The molecule has 0 saturated carbocycles. The van der Waals surface area contributed by atoms with E-state index in [1.165, 1.54) is 65.2 Å². The van der Waals surface area contributed by atoms with Crippen LogP contribution in [-0.4, -0.2) is 72.0 Å². The summed E-state index contributed by atoms with van der Waals surface area (Å²) in [5, 5.41) is 0. The van der Waals surface area contributed by atoms with Crippen molar-refractivity contribution in [2.24, 2.45) is 0 Å². The topological polar surface area (TPSA) is 13.0 Å². The molecule has 0 amide bonds. The molecule has 4 nitrogen and oxygen atoms in total. The van der Waals surface area contributed by atoms with Crippen LogP contribution in [0.25, 0.3) is 0 Å². The van der Waals surface area contributed by atoms with E-state index < -0.39 is 0 Å². The average molecular weight is 298 g/mol. The van der Waals surface area contributed by atoms with E-state index in [1.54, 1.807) is 11.1 Å². The Morgan fingerprint density at radius 2 is 0.909 bits per heavy atom. The standard InChI is InChI=1S/C18H26N4/c1-2-6-16(18-21-9-4-10-22(18)14-13-21)15(5-1)17-19-7-3-8-20(17)12-11-19/h1-2,5-6,17-18H,3-4,7-14H2. The van der Waals surface area contributed by atoms with Crippen molar-refractivity contribution in [1.29, 1.82) is 0 Å². The molecule has 5 rings (SSSR count). The molecule has 0 aromatic heterocycles. The summed E-state index contributed by atoms with van der Waals surface area (Å²) in [6.45, 7) is 10.1. The molecule has 4 heterocycles. The molecular weight excluding hydrogens is 272 g/mol. The van der Waals surface area contributed by atoms with Gasteiger partial charge in [-0.3, -0.25) is 19.6 Å². The zero-order chi connectivity index (χ0) is 14.5. The molecule has 0 N–H and O–H groups in total. The summed E-state index contributed by atoms with van der Waals surface area (Å²) in [6.07, 6.45) is 3.74. The maximum absolute atomic E-state index is 2.69. The molecule has 1 aromatic carbocycles. The van der Waals surface area contributed by atoms with Gasteiger partial charge >= 0.3 is 0 Å². The first kappa shape index (κ1) is 13.5. The van der Waals surface area contributed by atoms with Gasteiger partial charge in [0.25, 0.3) is 0 Å². The Labute approximate surface area is 133 Å². The number of fused-ring (bicyclic) bond motifs is 4. The zero-order valence-electron chi connectivity index (χ0n) is 13.3. The predicted octanol–water partition coefficient (Wildman–Crippen LogP) is 1.73.